The second kappa shape index (κ2) is 5.22. The van der Waals surface area contributed by atoms with Crippen LogP contribution in [-0.2, 0) is 6.54 Å². The first-order valence-electron chi connectivity index (χ1n) is 5.34. The van der Waals surface area contributed by atoms with Gasteiger partial charge in [0.25, 0.3) is 0 Å². The van der Waals surface area contributed by atoms with Crippen molar-refractivity contribution in [1.82, 2.24) is 15.3 Å². The van der Waals surface area contributed by atoms with Gasteiger partial charge in [-0.3, -0.25) is 0 Å². The van der Waals surface area contributed by atoms with Crippen molar-refractivity contribution in [2.45, 2.75) is 6.54 Å². The Labute approximate surface area is 104 Å². The van der Waals surface area contributed by atoms with Crippen LogP contribution in [0.4, 0.5) is 4.79 Å². The Morgan fingerprint density at radius 1 is 1.44 bits per heavy atom. The van der Waals surface area contributed by atoms with E-state index >= 15 is 0 Å². The summed E-state index contributed by atoms with van der Waals surface area (Å²) in [6.45, 7) is 0.158. The quantitative estimate of drug-likeness (QED) is 0.769. The summed E-state index contributed by atoms with van der Waals surface area (Å²) in [5.41, 5.74) is 1.80. The smallest absolute Gasteiger partial charge is 0.405 e. The first kappa shape index (κ1) is 12.0. The number of methoxy groups -OCH3 is 1. The van der Waals surface area contributed by atoms with Crippen LogP contribution in [0.15, 0.2) is 30.5 Å². The Hall–Kier alpha value is -2.50. The van der Waals surface area contributed by atoms with Crippen molar-refractivity contribution in [3.05, 3.63) is 36.3 Å². The summed E-state index contributed by atoms with van der Waals surface area (Å²) in [5, 5.41) is 10.7. The van der Waals surface area contributed by atoms with Gasteiger partial charge in [-0.25, -0.2) is 9.78 Å². The predicted molar refractivity (Wildman–Crippen MR) is 65.4 cm³/mol. The van der Waals surface area contributed by atoms with E-state index in [0.29, 0.717) is 5.82 Å². The second-order valence-corrected chi connectivity index (χ2v) is 3.63. The standard InChI is InChI=1S/C12H13N3O3/c1-18-9-4-2-8(3-5-9)10-6-13-11(15-10)7-14-12(16)17/h2-6,14H,7H2,1H3,(H,13,15)(H,16,17). The highest BCUT2D eigenvalue weighted by molar-refractivity contribution is 5.64. The fourth-order valence-corrected chi connectivity index (χ4v) is 1.53. The van der Waals surface area contributed by atoms with Crippen molar-refractivity contribution in [3.8, 4) is 17.0 Å². The molecule has 1 aromatic carbocycles. The highest BCUT2D eigenvalue weighted by Gasteiger charge is 2.04. The summed E-state index contributed by atoms with van der Waals surface area (Å²) in [4.78, 5) is 17.5. The van der Waals surface area contributed by atoms with Gasteiger partial charge in [0.15, 0.2) is 0 Å². The van der Waals surface area contributed by atoms with Crippen molar-refractivity contribution < 1.29 is 14.6 Å². The molecule has 0 saturated heterocycles. The van der Waals surface area contributed by atoms with Gasteiger partial charge in [-0.05, 0) is 29.8 Å². The van der Waals surface area contributed by atoms with Crippen molar-refractivity contribution in [2.75, 3.05) is 7.11 Å². The van der Waals surface area contributed by atoms with E-state index < -0.39 is 6.09 Å². The monoisotopic (exact) mass is 247 g/mol. The molecule has 0 fully saturated rings. The molecule has 1 amide bonds. The molecule has 0 aliphatic rings. The molecule has 0 aliphatic carbocycles. The maximum absolute atomic E-state index is 10.4. The van der Waals surface area contributed by atoms with E-state index in [-0.39, 0.29) is 6.54 Å². The summed E-state index contributed by atoms with van der Waals surface area (Å²) < 4.78 is 5.07. The Morgan fingerprint density at radius 2 is 2.17 bits per heavy atom. The lowest BCUT2D eigenvalue weighted by Gasteiger charge is -2.01. The number of ether oxygens (including phenoxy) is 1. The molecule has 0 unspecified atom stereocenters. The zero-order valence-corrected chi connectivity index (χ0v) is 9.80. The molecule has 6 nitrogen and oxygen atoms in total. The number of nitrogens with zero attached hydrogens (tertiary/aromatic N) is 1. The maximum atomic E-state index is 10.4. The van der Waals surface area contributed by atoms with Gasteiger partial charge < -0.3 is 20.1 Å². The third kappa shape index (κ3) is 2.79. The van der Waals surface area contributed by atoms with Crippen LogP contribution < -0.4 is 10.1 Å². The van der Waals surface area contributed by atoms with Crippen LogP contribution in [0.2, 0.25) is 0 Å². The number of rotatable bonds is 4. The molecule has 0 saturated carbocycles. The zero-order chi connectivity index (χ0) is 13.0. The molecule has 0 bridgehead atoms. The number of H-pyrrole nitrogens is 1. The second-order valence-electron chi connectivity index (χ2n) is 3.63. The Morgan fingerprint density at radius 3 is 2.78 bits per heavy atom. The third-order valence-corrected chi connectivity index (χ3v) is 2.44. The number of benzene rings is 1. The molecule has 0 spiro atoms. The van der Waals surface area contributed by atoms with Crippen molar-refractivity contribution >= 4 is 6.09 Å². The topological polar surface area (TPSA) is 87.2 Å². The van der Waals surface area contributed by atoms with Gasteiger partial charge in [0, 0.05) is 0 Å². The Kier molecular flexibility index (Phi) is 3.47. The summed E-state index contributed by atoms with van der Waals surface area (Å²) in [6, 6.07) is 7.51. The number of hydrogen-bond acceptors (Lipinski definition) is 3. The lowest BCUT2D eigenvalue weighted by molar-refractivity contribution is 0.193. The van der Waals surface area contributed by atoms with Crippen molar-refractivity contribution in [2.24, 2.45) is 0 Å². The van der Waals surface area contributed by atoms with Crippen LogP contribution in [0.5, 0.6) is 5.75 Å². The fraction of sp³-hybridized carbons (Fsp3) is 0.167. The average molecular weight is 247 g/mol. The molecular formula is C12H13N3O3. The Bertz CT molecular complexity index is 534. The summed E-state index contributed by atoms with van der Waals surface area (Å²) in [7, 11) is 1.61. The van der Waals surface area contributed by atoms with E-state index in [2.05, 4.69) is 15.3 Å². The number of carboxylic acid groups (broad SMARTS) is 1. The normalized spacial score (nSPS) is 10.1. The van der Waals surface area contributed by atoms with Crippen LogP contribution >= 0.6 is 0 Å². The molecule has 1 aromatic heterocycles. The first-order valence-corrected chi connectivity index (χ1v) is 5.34. The van der Waals surface area contributed by atoms with E-state index in [1.54, 1.807) is 13.3 Å². The molecular weight excluding hydrogens is 234 g/mol. The molecule has 2 rings (SSSR count). The van der Waals surface area contributed by atoms with Crippen LogP contribution in [0.25, 0.3) is 11.3 Å². The van der Waals surface area contributed by atoms with Gasteiger partial charge in [0.1, 0.15) is 11.6 Å². The van der Waals surface area contributed by atoms with Gasteiger partial charge in [-0.15, -0.1) is 0 Å². The number of nitrogens with one attached hydrogen (secondary N) is 2. The maximum Gasteiger partial charge on any atom is 0.405 e. The first-order chi connectivity index (χ1) is 8.69. The van der Waals surface area contributed by atoms with Gasteiger partial charge in [0.05, 0.1) is 25.5 Å². The van der Waals surface area contributed by atoms with E-state index in [1.165, 1.54) is 0 Å². The van der Waals surface area contributed by atoms with Crippen LogP contribution in [0, 0.1) is 0 Å². The number of imidazole rings is 1. The van der Waals surface area contributed by atoms with Crippen LogP contribution in [-0.4, -0.2) is 28.3 Å². The molecule has 6 heteroatoms. The number of amides is 1. The van der Waals surface area contributed by atoms with Gasteiger partial charge in [-0.2, -0.15) is 0 Å². The minimum Gasteiger partial charge on any atom is -0.497 e. The highest BCUT2D eigenvalue weighted by atomic mass is 16.5. The van der Waals surface area contributed by atoms with Crippen LogP contribution in [0.1, 0.15) is 5.82 Å². The molecule has 1 heterocycles. The Balaban J connectivity index is 2.10. The average Bonchev–Trinajstić information content (AvgIpc) is 2.85. The molecule has 0 aliphatic heterocycles. The van der Waals surface area contributed by atoms with Gasteiger partial charge >= 0.3 is 6.09 Å². The third-order valence-electron chi connectivity index (χ3n) is 2.44. The van der Waals surface area contributed by atoms with E-state index in [1.807, 2.05) is 24.3 Å². The lowest BCUT2D eigenvalue weighted by atomic mass is 10.2. The molecule has 2 aromatic rings. The van der Waals surface area contributed by atoms with E-state index in [4.69, 9.17) is 9.84 Å². The lowest BCUT2D eigenvalue weighted by Crippen LogP contribution is -2.20. The van der Waals surface area contributed by atoms with E-state index in [9.17, 15) is 4.79 Å². The minimum absolute atomic E-state index is 0.158. The van der Waals surface area contributed by atoms with Crippen LogP contribution in [0.3, 0.4) is 0 Å². The number of carbonyl (C=O) groups is 1. The van der Waals surface area contributed by atoms with Gasteiger partial charge in [-0.1, -0.05) is 0 Å². The van der Waals surface area contributed by atoms with Crippen molar-refractivity contribution in [1.29, 1.82) is 0 Å². The SMILES string of the molecule is COc1ccc(-c2cnc(CNC(=O)O)[nH]2)cc1. The van der Waals surface area contributed by atoms with Crippen molar-refractivity contribution in [3.63, 3.8) is 0 Å². The molecule has 3 N–H and O–H groups in total. The summed E-state index contributed by atoms with van der Waals surface area (Å²) in [5.74, 6) is 1.36. The fourth-order valence-electron chi connectivity index (χ4n) is 1.53. The number of hydrogen-bond donors (Lipinski definition) is 3. The minimum atomic E-state index is -1.07. The predicted octanol–water partition coefficient (Wildman–Crippen LogP) is 1.85. The molecule has 94 valence electrons. The molecule has 0 atom stereocenters. The van der Waals surface area contributed by atoms with Gasteiger partial charge in [0.2, 0.25) is 0 Å². The summed E-state index contributed by atoms with van der Waals surface area (Å²) in [6.07, 6.45) is 0.595. The zero-order valence-electron chi connectivity index (χ0n) is 9.80. The molecule has 0 radical (unpaired) electrons. The largest absolute Gasteiger partial charge is 0.497 e. The number of aromatic amines is 1. The highest BCUT2D eigenvalue weighted by Crippen LogP contribution is 2.20. The van der Waals surface area contributed by atoms with E-state index in [0.717, 1.165) is 17.0 Å². The summed E-state index contributed by atoms with van der Waals surface area (Å²) >= 11 is 0. The number of aromatic nitrogens is 2. The molecule has 18 heavy (non-hydrogen) atoms.